The van der Waals surface area contributed by atoms with Crippen molar-refractivity contribution in [3.8, 4) is 0 Å². The van der Waals surface area contributed by atoms with Gasteiger partial charge in [0.1, 0.15) is 9.90 Å². The molecule has 0 bridgehead atoms. The number of aromatic carboxylic acids is 1. The van der Waals surface area contributed by atoms with E-state index in [1.54, 1.807) is 24.4 Å². The normalized spacial score (nSPS) is 10.4. The van der Waals surface area contributed by atoms with E-state index in [0.717, 1.165) is 9.90 Å². The molecule has 17 heavy (non-hydrogen) atoms. The minimum Gasteiger partial charge on any atom is -0.477 e. The predicted molar refractivity (Wildman–Crippen MR) is 69.5 cm³/mol. The van der Waals surface area contributed by atoms with Crippen LogP contribution < -0.4 is 5.73 Å². The Kier molecular flexibility index (Phi) is 3.65. The summed E-state index contributed by atoms with van der Waals surface area (Å²) in [6, 6.07) is 7.02. The fourth-order valence-corrected chi connectivity index (χ4v) is 3.03. The Balaban J connectivity index is 2.02. The number of carbonyl (C=O) groups is 1. The summed E-state index contributed by atoms with van der Waals surface area (Å²) in [6.45, 7) is 0. The van der Waals surface area contributed by atoms with Gasteiger partial charge in [-0.3, -0.25) is 0 Å². The number of nitrogens with two attached hydrogens (primary N) is 1. The molecule has 0 radical (unpaired) electrons. The fourth-order valence-electron chi connectivity index (χ4n) is 1.23. The summed E-state index contributed by atoms with van der Waals surface area (Å²) in [6.07, 6.45) is 1.69. The summed E-state index contributed by atoms with van der Waals surface area (Å²) in [5, 5.41) is 9.57. The van der Waals surface area contributed by atoms with Crippen LogP contribution in [0.25, 0.3) is 0 Å². The molecule has 0 unspecified atom stereocenters. The summed E-state index contributed by atoms with van der Waals surface area (Å²) in [5.74, 6) is -0.206. The van der Waals surface area contributed by atoms with E-state index < -0.39 is 5.97 Å². The van der Waals surface area contributed by atoms with Crippen molar-refractivity contribution in [1.29, 1.82) is 0 Å². The van der Waals surface area contributed by atoms with Gasteiger partial charge in [0.05, 0.1) is 5.69 Å². The summed E-state index contributed by atoms with van der Waals surface area (Å²) in [5.41, 5.74) is 6.41. The van der Waals surface area contributed by atoms with Crippen molar-refractivity contribution in [2.75, 3.05) is 5.73 Å². The van der Waals surface area contributed by atoms with Crippen LogP contribution in [0.5, 0.6) is 0 Å². The number of anilines is 1. The van der Waals surface area contributed by atoms with Crippen molar-refractivity contribution in [2.45, 2.75) is 10.8 Å². The van der Waals surface area contributed by atoms with E-state index in [9.17, 15) is 4.79 Å². The second kappa shape index (κ2) is 5.20. The molecule has 0 aliphatic rings. The van der Waals surface area contributed by atoms with E-state index >= 15 is 0 Å². The van der Waals surface area contributed by atoms with Crippen molar-refractivity contribution in [1.82, 2.24) is 4.98 Å². The van der Waals surface area contributed by atoms with Gasteiger partial charge in [-0.25, -0.2) is 9.78 Å². The lowest BCUT2D eigenvalue weighted by atomic mass is 10.4. The third-order valence-electron chi connectivity index (χ3n) is 2.02. The Morgan fingerprint density at radius 3 is 2.94 bits per heavy atom. The highest BCUT2D eigenvalue weighted by Gasteiger charge is 2.08. The third-order valence-corrected chi connectivity index (χ3v) is 4.35. The largest absolute Gasteiger partial charge is 0.477 e. The molecule has 4 nitrogen and oxygen atoms in total. The van der Waals surface area contributed by atoms with E-state index in [4.69, 9.17) is 10.8 Å². The molecule has 0 spiro atoms. The van der Waals surface area contributed by atoms with Gasteiger partial charge < -0.3 is 10.8 Å². The smallest absolute Gasteiger partial charge is 0.345 e. The first kappa shape index (κ1) is 11.9. The van der Waals surface area contributed by atoms with Gasteiger partial charge in [0.15, 0.2) is 0 Å². The van der Waals surface area contributed by atoms with Crippen LogP contribution in [0.1, 0.15) is 14.5 Å². The standard InChI is InChI=1S/C11H10N2O2S2/c12-8-2-1-5-13-10(8)16-6-7-3-4-9(17-7)11(14)15/h1-5H,6,12H2,(H,14,15). The monoisotopic (exact) mass is 266 g/mol. The van der Waals surface area contributed by atoms with Gasteiger partial charge in [-0.05, 0) is 24.3 Å². The van der Waals surface area contributed by atoms with Crippen LogP contribution in [-0.2, 0) is 5.75 Å². The molecule has 0 saturated heterocycles. The molecular formula is C11H10N2O2S2. The van der Waals surface area contributed by atoms with Crippen molar-refractivity contribution in [3.63, 3.8) is 0 Å². The Bertz CT molecular complexity index is 540. The number of hydrogen-bond donors (Lipinski definition) is 2. The molecular weight excluding hydrogens is 256 g/mol. The Morgan fingerprint density at radius 1 is 1.47 bits per heavy atom. The zero-order valence-electron chi connectivity index (χ0n) is 8.79. The Hall–Kier alpha value is -1.53. The van der Waals surface area contributed by atoms with Crippen LogP contribution in [-0.4, -0.2) is 16.1 Å². The maximum absolute atomic E-state index is 10.7. The number of hydrogen-bond acceptors (Lipinski definition) is 5. The summed E-state index contributed by atoms with van der Waals surface area (Å²) < 4.78 is 0. The first-order valence-corrected chi connectivity index (χ1v) is 6.62. The topological polar surface area (TPSA) is 76.2 Å². The Morgan fingerprint density at radius 2 is 2.29 bits per heavy atom. The van der Waals surface area contributed by atoms with Crippen molar-refractivity contribution in [3.05, 3.63) is 40.2 Å². The molecule has 0 aromatic carbocycles. The summed E-state index contributed by atoms with van der Waals surface area (Å²) in [4.78, 5) is 16.2. The van der Waals surface area contributed by atoms with E-state index in [1.807, 2.05) is 6.07 Å². The first-order valence-electron chi connectivity index (χ1n) is 4.82. The van der Waals surface area contributed by atoms with Gasteiger partial charge >= 0.3 is 5.97 Å². The number of rotatable bonds is 4. The molecule has 6 heteroatoms. The molecule has 2 heterocycles. The van der Waals surface area contributed by atoms with Crippen LogP contribution >= 0.6 is 23.1 Å². The average Bonchev–Trinajstić information content (AvgIpc) is 2.77. The molecule has 88 valence electrons. The van der Waals surface area contributed by atoms with Crippen LogP contribution in [0.3, 0.4) is 0 Å². The second-order valence-corrected chi connectivity index (χ2v) is 5.39. The van der Waals surface area contributed by atoms with Crippen molar-refractivity contribution < 1.29 is 9.90 Å². The van der Waals surface area contributed by atoms with E-state index in [-0.39, 0.29) is 0 Å². The van der Waals surface area contributed by atoms with Crippen molar-refractivity contribution >= 4 is 34.8 Å². The highest BCUT2D eigenvalue weighted by molar-refractivity contribution is 7.98. The maximum Gasteiger partial charge on any atom is 0.345 e. The summed E-state index contributed by atoms with van der Waals surface area (Å²) >= 11 is 2.78. The molecule has 2 aromatic heterocycles. The van der Waals surface area contributed by atoms with Gasteiger partial charge in [-0.15, -0.1) is 11.3 Å². The number of nitrogens with zero attached hydrogens (tertiary/aromatic N) is 1. The minimum absolute atomic E-state index is 0.356. The predicted octanol–water partition coefficient (Wildman–Crippen LogP) is 2.72. The average molecular weight is 266 g/mol. The van der Waals surface area contributed by atoms with E-state index in [1.165, 1.54) is 23.1 Å². The van der Waals surface area contributed by atoms with E-state index in [2.05, 4.69) is 4.98 Å². The number of thioether (sulfide) groups is 1. The number of nitrogen functional groups attached to an aromatic ring is 1. The molecule has 0 fully saturated rings. The van der Waals surface area contributed by atoms with Gasteiger partial charge in [0.25, 0.3) is 0 Å². The van der Waals surface area contributed by atoms with Crippen LogP contribution in [0, 0.1) is 0 Å². The highest BCUT2D eigenvalue weighted by Crippen LogP contribution is 2.28. The molecule has 3 N–H and O–H groups in total. The molecule has 2 aromatic rings. The molecule has 0 aliphatic carbocycles. The SMILES string of the molecule is Nc1cccnc1SCc1ccc(C(=O)O)s1. The quantitative estimate of drug-likeness (QED) is 0.832. The zero-order chi connectivity index (χ0) is 12.3. The van der Waals surface area contributed by atoms with Gasteiger partial charge in [0, 0.05) is 16.8 Å². The zero-order valence-corrected chi connectivity index (χ0v) is 10.4. The van der Waals surface area contributed by atoms with Crippen LogP contribution in [0.4, 0.5) is 5.69 Å². The third kappa shape index (κ3) is 2.98. The maximum atomic E-state index is 10.7. The lowest BCUT2D eigenvalue weighted by Gasteiger charge is -2.01. The van der Waals surface area contributed by atoms with Gasteiger partial charge in [-0.1, -0.05) is 11.8 Å². The second-order valence-electron chi connectivity index (χ2n) is 3.26. The molecule has 0 saturated carbocycles. The van der Waals surface area contributed by atoms with Gasteiger partial charge in [-0.2, -0.15) is 0 Å². The molecule has 0 atom stereocenters. The molecule has 2 rings (SSSR count). The lowest BCUT2D eigenvalue weighted by molar-refractivity contribution is 0.0702. The number of pyridine rings is 1. The first-order chi connectivity index (χ1) is 8.16. The van der Waals surface area contributed by atoms with E-state index in [0.29, 0.717) is 16.3 Å². The number of aromatic nitrogens is 1. The fraction of sp³-hybridized carbons (Fsp3) is 0.0909. The van der Waals surface area contributed by atoms with Crippen molar-refractivity contribution in [2.24, 2.45) is 0 Å². The number of carboxylic acids is 1. The number of thiophene rings is 1. The lowest BCUT2D eigenvalue weighted by Crippen LogP contribution is -1.90. The van der Waals surface area contributed by atoms with Crippen LogP contribution in [0.15, 0.2) is 35.5 Å². The molecule has 0 amide bonds. The van der Waals surface area contributed by atoms with Crippen LogP contribution in [0.2, 0.25) is 0 Å². The minimum atomic E-state index is -0.886. The highest BCUT2D eigenvalue weighted by atomic mass is 32.2. The molecule has 0 aliphatic heterocycles. The summed E-state index contributed by atoms with van der Waals surface area (Å²) in [7, 11) is 0. The van der Waals surface area contributed by atoms with Gasteiger partial charge in [0.2, 0.25) is 0 Å². The number of carboxylic acid groups (broad SMARTS) is 1. The Labute approximate surface area is 106 Å².